The molecule has 0 aromatic heterocycles. The molecule has 0 radical (unpaired) electrons. The third-order valence-corrected chi connectivity index (χ3v) is 3.99. The van der Waals surface area contributed by atoms with Gasteiger partial charge in [-0.2, -0.15) is 0 Å². The number of nitrogens with zero attached hydrogens (tertiary/aromatic N) is 1. The number of ether oxygens (including phenoxy) is 2. The summed E-state index contributed by atoms with van der Waals surface area (Å²) < 4.78 is 11.5. The van der Waals surface area contributed by atoms with E-state index in [4.69, 9.17) is 32.7 Å². The molecule has 1 fully saturated rings. The van der Waals surface area contributed by atoms with E-state index in [2.05, 4.69) is 4.90 Å². The van der Waals surface area contributed by atoms with E-state index in [0.717, 1.165) is 13.1 Å². The predicted molar refractivity (Wildman–Crippen MR) is 78.2 cm³/mol. The van der Waals surface area contributed by atoms with Crippen molar-refractivity contribution < 1.29 is 9.47 Å². The topological polar surface area (TPSA) is 21.7 Å². The molecule has 106 valence electrons. The first-order chi connectivity index (χ1) is 9.22. The monoisotopic (exact) mass is 303 g/mol. The summed E-state index contributed by atoms with van der Waals surface area (Å²) in [5, 5.41) is 0.973. The van der Waals surface area contributed by atoms with Gasteiger partial charge >= 0.3 is 0 Å². The van der Waals surface area contributed by atoms with Gasteiger partial charge in [0.05, 0.1) is 11.6 Å². The lowest BCUT2D eigenvalue weighted by atomic mass is 10.3. The first-order valence-electron chi connectivity index (χ1n) is 6.65. The van der Waals surface area contributed by atoms with Crippen molar-refractivity contribution in [3.8, 4) is 5.75 Å². The van der Waals surface area contributed by atoms with Crippen molar-refractivity contribution in [3.63, 3.8) is 0 Å². The van der Waals surface area contributed by atoms with Crippen LogP contribution in [-0.2, 0) is 4.74 Å². The molecule has 19 heavy (non-hydrogen) atoms. The zero-order chi connectivity index (χ0) is 13.7. The normalized spacial score (nSPS) is 17.6. The Kier molecular flexibility index (Phi) is 5.76. The summed E-state index contributed by atoms with van der Waals surface area (Å²) in [6, 6.07) is 5.43. The molecule has 1 unspecified atom stereocenters. The molecule has 3 nitrogen and oxygen atoms in total. The van der Waals surface area contributed by atoms with Gasteiger partial charge in [-0.25, -0.2) is 0 Å². The lowest BCUT2D eigenvalue weighted by molar-refractivity contribution is -0.0290. The SMILES string of the molecule is CCOCC(Oc1cccc(Cl)c1Cl)N1CCCC1. The summed E-state index contributed by atoms with van der Waals surface area (Å²) in [5.41, 5.74) is 0. The molecule has 5 heteroatoms. The van der Waals surface area contributed by atoms with Gasteiger partial charge in [-0.05, 0) is 31.9 Å². The molecular formula is C14H19Cl2NO2. The fourth-order valence-corrected chi connectivity index (χ4v) is 2.52. The highest BCUT2D eigenvalue weighted by molar-refractivity contribution is 6.42. The van der Waals surface area contributed by atoms with Crippen LogP contribution in [0, 0.1) is 0 Å². The molecule has 1 heterocycles. The highest BCUT2D eigenvalue weighted by Gasteiger charge is 2.24. The van der Waals surface area contributed by atoms with E-state index in [9.17, 15) is 0 Å². The van der Waals surface area contributed by atoms with Crippen LogP contribution in [-0.4, -0.2) is 37.4 Å². The number of hydrogen-bond acceptors (Lipinski definition) is 3. The first kappa shape index (κ1) is 14.9. The van der Waals surface area contributed by atoms with Gasteiger partial charge in [-0.15, -0.1) is 0 Å². The molecule has 0 aliphatic carbocycles. The lowest BCUT2D eigenvalue weighted by Gasteiger charge is -2.28. The van der Waals surface area contributed by atoms with E-state index in [0.29, 0.717) is 29.0 Å². The van der Waals surface area contributed by atoms with E-state index in [1.165, 1.54) is 12.8 Å². The van der Waals surface area contributed by atoms with Crippen LogP contribution >= 0.6 is 23.2 Å². The molecule has 2 rings (SSSR count). The van der Waals surface area contributed by atoms with Crippen molar-refractivity contribution in [2.24, 2.45) is 0 Å². The molecule has 0 amide bonds. The number of hydrogen-bond donors (Lipinski definition) is 0. The molecule has 1 aromatic rings. The average Bonchev–Trinajstić information content (AvgIpc) is 2.93. The Morgan fingerprint density at radius 2 is 2.00 bits per heavy atom. The Hall–Kier alpha value is -0.480. The fourth-order valence-electron chi connectivity index (χ4n) is 2.18. The van der Waals surface area contributed by atoms with Crippen LogP contribution in [0.5, 0.6) is 5.75 Å². The largest absolute Gasteiger partial charge is 0.471 e. The number of halogens is 2. The van der Waals surface area contributed by atoms with Gasteiger partial charge in [0.15, 0.2) is 6.23 Å². The molecule has 1 aliphatic heterocycles. The second-order valence-electron chi connectivity index (χ2n) is 4.53. The smallest absolute Gasteiger partial charge is 0.176 e. The Morgan fingerprint density at radius 1 is 1.26 bits per heavy atom. The van der Waals surface area contributed by atoms with Gasteiger partial charge in [0.1, 0.15) is 10.8 Å². The Labute approximate surface area is 124 Å². The highest BCUT2D eigenvalue weighted by atomic mass is 35.5. The molecular weight excluding hydrogens is 285 g/mol. The summed E-state index contributed by atoms with van der Waals surface area (Å²) in [5.74, 6) is 0.616. The Balaban J connectivity index is 2.07. The maximum Gasteiger partial charge on any atom is 0.176 e. The third kappa shape index (κ3) is 3.99. The lowest BCUT2D eigenvalue weighted by Crippen LogP contribution is -2.41. The summed E-state index contributed by atoms with van der Waals surface area (Å²) in [6.45, 7) is 5.27. The molecule has 1 aliphatic rings. The van der Waals surface area contributed by atoms with Crippen molar-refractivity contribution in [3.05, 3.63) is 28.2 Å². The predicted octanol–water partition coefficient (Wildman–Crippen LogP) is 3.83. The zero-order valence-electron chi connectivity index (χ0n) is 11.1. The summed E-state index contributed by atoms with van der Waals surface area (Å²) in [4.78, 5) is 2.28. The maximum atomic E-state index is 6.16. The molecule has 0 saturated carbocycles. The van der Waals surface area contributed by atoms with E-state index < -0.39 is 0 Å². The number of rotatable bonds is 6. The van der Waals surface area contributed by atoms with Crippen molar-refractivity contribution in [2.75, 3.05) is 26.3 Å². The zero-order valence-corrected chi connectivity index (χ0v) is 12.6. The maximum absolute atomic E-state index is 6.16. The molecule has 0 N–H and O–H groups in total. The van der Waals surface area contributed by atoms with Gasteiger partial charge in [-0.1, -0.05) is 29.3 Å². The third-order valence-electron chi connectivity index (χ3n) is 3.19. The van der Waals surface area contributed by atoms with Crippen LogP contribution in [0.4, 0.5) is 0 Å². The molecule has 1 aromatic carbocycles. The van der Waals surface area contributed by atoms with Crippen molar-refractivity contribution in [1.29, 1.82) is 0 Å². The Bertz CT molecular complexity index is 408. The molecule has 0 spiro atoms. The average molecular weight is 304 g/mol. The standard InChI is InChI=1S/C14H19Cl2NO2/c1-2-18-10-13(17-8-3-4-9-17)19-12-7-5-6-11(15)14(12)16/h5-7,13H,2-4,8-10H2,1H3. The fraction of sp³-hybridized carbons (Fsp3) is 0.571. The number of likely N-dealkylation sites (tertiary alicyclic amines) is 1. The van der Waals surface area contributed by atoms with Gasteiger partial charge in [0, 0.05) is 19.7 Å². The van der Waals surface area contributed by atoms with Gasteiger partial charge in [0.2, 0.25) is 0 Å². The molecule has 0 bridgehead atoms. The minimum absolute atomic E-state index is 0.0987. The molecule has 1 saturated heterocycles. The van der Waals surface area contributed by atoms with Crippen LogP contribution in [0.2, 0.25) is 10.0 Å². The van der Waals surface area contributed by atoms with Crippen LogP contribution < -0.4 is 4.74 Å². The van der Waals surface area contributed by atoms with Gasteiger partial charge < -0.3 is 9.47 Å². The van der Waals surface area contributed by atoms with E-state index in [1.54, 1.807) is 6.07 Å². The molecule has 1 atom stereocenters. The summed E-state index contributed by atoms with van der Waals surface area (Å²) >= 11 is 12.2. The second-order valence-corrected chi connectivity index (χ2v) is 5.31. The Morgan fingerprint density at radius 3 is 2.68 bits per heavy atom. The van der Waals surface area contributed by atoms with Crippen LogP contribution in [0.15, 0.2) is 18.2 Å². The minimum Gasteiger partial charge on any atom is -0.471 e. The van der Waals surface area contributed by atoms with Crippen molar-refractivity contribution >= 4 is 23.2 Å². The quantitative estimate of drug-likeness (QED) is 0.797. The van der Waals surface area contributed by atoms with Crippen molar-refractivity contribution in [1.82, 2.24) is 4.90 Å². The van der Waals surface area contributed by atoms with Gasteiger partial charge in [-0.3, -0.25) is 4.90 Å². The first-order valence-corrected chi connectivity index (χ1v) is 7.40. The second kappa shape index (κ2) is 7.34. The van der Waals surface area contributed by atoms with E-state index in [-0.39, 0.29) is 6.23 Å². The van der Waals surface area contributed by atoms with E-state index >= 15 is 0 Å². The number of benzene rings is 1. The van der Waals surface area contributed by atoms with Gasteiger partial charge in [0.25, 0.3) is 0 Å². The summed E-state index contributed by atoms with van der Waals surface area (Å²) in [7, 11) is 0. The minimum atomic E-state index is -0.0987. The van der Waals surface area contributed by atoms with Crippen molar-refractivity contribution in [2.45, 2.75) is 26.0 Å². The van der Waals surface area contributed by atoms with Crippen LogP contribution in [0.25, 0.3) is 0 Å². The summed E-state index contributed by atoms with van der Waals surface area (Å²) in [6.07, 6.45) is 2.31. The van der Waals surface area contributed by atoms with E-state index in [1.807, 2.05) is 19.1 Å². The van der Waals surface area contributed by atoms with Crippen LogP contribution in [0.3, 0.4) is 0 Å². The van der Waals surface area contributed by atoms with Crippen LogP contribution in [0.1, 0.15) is 19.8 Å². The highest BCUT2D eigenvalue weighted by Crippen LogP contribution is 2.32.